The minimum Gasteiger partial charge on any atom is -0.465 e. The molecule has 0 bridgehead atoms. The zero-order chi connectivity index (χ0) is 18.5. The van der Waals surface area contributed by atoms with Gasteiger partial charge < -0.3 is 26.4 Å². The maximum Gasteiger partial charge on any atom is 0.407 e. The first-order chi connectivity index (χ1) is 12.5. The van der Waals surface area contributed by atoms with Crippen molar-refractivity contribution in [3.63, 3.8) is 0 Å². The Morgan fingerprint density at radius 3 is 3.00 bits per heavy atom. The number of anilines is 3. The number of amides is 1. The summed E-state index contributed by atoms with van der Waals surface area (Å²) in [5.74, 6) is 1.33. The largest absolute Gasteiger partial charge is 0.465 e. The third-order valence-corrected chi connectivity index (χ3v) is 4.94. The highest BCUT2D eigenvalue weighted by atomic mass is 127. The van der Waals surface area contributed by atoms with Gasteiger partial charge in [0, 0.05) is 29.7 Å². The van der Waals surface area contributed by atoms with Gasteiger partial charge in [-0.05, 0) is 52.6 Å². The molecule has 2 aromatic rings. The van der Waals surface area contributed by atoms with E-state index in [1.165, 1.54) is 8.47 Å². The van der Waals surface area contributed by atoms with E-state index in [0.29, 0.717) is 43.6 Å². The SMILES string of the molecule is Nc1cnc(NCC2CCN(C(=O)O)C2)nc1NCc1cccc(I)c1. The molecule has 0 spiro atoms. The zero-order valence-corrected chi connectivity index (χ0v) is 16.3. The topological polar surface area (TPSA) is 116 Å². The van der Waals surface area contributed by atoms with Crippen LogP contribution >= 0.6 is 22.6 Å². The van der Waals surface area contributed by atoms with E-state index in [1.807, 2.05) is 18.2 Å². The molecular weight excluding hydrogens is 447 g/mol. The van der Waals surface area contributed by atoms with Gasteiger partial charge in [-0.3, -0.25) is 0 Å². The molecule has 26 heavy (non-hydrogen) atoms. The molecular formula is C17H21IN6O2. The summed E-state index contributed by atoms with van der Waals surface area (Å²) in [6.07, 6.45) is 1.55. The van der Waals surface area contributed by atoms with Gasteiger partial charge in [0.05, 0.1) is 11.9 Å². The molecule has 1 aliphatic rings. The van der Waals surface area contributed by atoms with Crippen molar-refractivity contribution in [1.82, 2.24) is 14.9 Å². The van der Waals surface area contributed by atoms with Gasteiger partial charge in [-0.1, -0.05) is 12.1 Å². The van der Waals surface area contributed by atoms with Crippen LogP contribution in [0.5, 0.6) is 0 Å². The fraction of sp³-hybridized carbons (Fsp3) is 0.353. The van der Waals surface area contributed by atoms with Crippen molar-refractivity contribution in [2.24, 2.45) is 5.92 Å². The van der Waals surface area contributed by atoms with Gasteiger partial charge >= 0.3 is 6.09 Å². The van der Waals surface area contributed by atoms with Gasteiger partial charge in [-0.2, -0.15) is 4.98 Å². The molecule has 1 atom stereocenters. The standard InChI is InChI=1S/C17H21IN6O2/c18-13-3-1-2-11(6-13)7-20-15-14(19)9-22-16(23-15)21-8-12-4-5-24(10-12)17(25)26/h1-3,6,9,12H,4-5,7-8,10,19H2,(H,25,26)(H2,20,21,22,23). The van der Waals surface area contributed by atoms with E-state index in [-0.39, 0.29) is 5.92 Å². The average Bonchev–Trinajstić information content (AvgIpc) is 3.09. The van der Waals surface area contributed by atoms with Crippen LogP contribution in [-0.2, 0) is 6.54 Å². The highest BCUT2D eigenvalue weighted by Crippen LogP contribution is 2.20. The molecule has 3 rings (SSSR count). The summed E-state index contributed by atoms with van der Waals surface area (Å²) in [7, 11) is 0. The van der Waals surface area contributed by atoms with Gasteiger partial charge in [-0.15, -0.1) is 0 Å². The van der Waals surface area contributed by atoms with Crippen LogP contribution in [0.15, 0.2) is 30.5 Å². The summed E-state index contributed by atoms with van der Waals surface area (Å²) >= 11 is 2.28. The molecule has 8 nitrogen and oxygen atoms in total. The van der Waals surface area contributed by atoms with Crippen LogP contribution in [0.4, 0.5) is 22.2 Å². The molecule has 1 aromatic heterocycles. The van der Waals surface area contributed by atoms with Gasteiger partial charge in [-0.25, -0.2) is 9.78 Å². The molecule has 1 saturated heterocycles. The third-order valence-electron chi connectivity index (χ3n) is 4.27. The molecule has 1 aromatic carbocycles. The number of rotatable bonds is 6. The summed E-state index contributed by atoms with van der Waals surface area (Å²) in [6.45, 7) is 2.36. The van der Waals surface area contributed by atoms with Crippen LogP contribution in [0.1, 0.15) is 12.0 Å². The smallest absolute Gasteiger partial charge is 0.407 e. The van der Waals surface area contributed by atoms with Gasteiger partial charge in [0.2, 0.25) is 5.95 Å². The summed E-state index contributed by atoms with van der Waals surface area (Å²) in [5.41, 5.74) is 7.59. The monoisotopic (exact) mass is 468 g/mol. The number of likely N-dealkylation sites (tertiary alicyclic amines) is 1. The highest BCUT2D eigenvalue weighted by Gasteiger charge is 2.25. The molecule has 9 heteroatoms. The first kappa shape index (κ1) is 18.5. The Labute approximate surface area is 165 Å². The van der Waals surface area contributed by atoms with Crippen molar-refractivity contribution < 1.29 is 9.90 Å². The fourth-order valence-electron chi connectivity index (χ4n) is 2.86. The lowest BCUT2D eigenvalue weighted by atomic mass is 10.1. The maximum atomic E-state index is 11.0. The van der Waals surface area contributed by atoms with Crippen molar-refractivity contribution in [3.05, 3.63) is 39.6 Å². The molecule has 1 aliphatic heterocycles. The molecule has 0 saturated carbocycles. The van der Waals surface area contributed by atoms with Crippen molar-refractivity contribution in [2.45, 2.75) is 13.0 Å². The molecule has 1 fully saturated rings. The number of carboxylic acid groups (broad SMARTS) is 1. The Kier molecular flexibility index (Phi) is 5.96. The summed E-state index contributed by atoms with van der Waals surface area (Å²) in [6, 6.07) is 8.19. The number of benzene rings is 1. The van der Waals surface area contributed by atoms with Crippen molar-refractivity contribution in [1.29, 1.82) is 0 Å². The van der Waals surface area contributed by atoms with E-state index < -0.39 is 6.09 Å². The lowest BCUT2D eigenvalue weighted by Gasteiger charge is -2.14. The fourth-order valence-corrected chi connectivity index (χ4v) is 3.47. The molecule has 5 N–H and O–H groups in total. The Bertz CT molecular complexity index is 788. The Balaban J connectivity index is 1.56. The quantitative estimate of drug-likeness (QED) is 0.482. The van der Waals surface area contributed by atoms with Crippen LogP contribution in [0.2, 0.25) is 0 Å². The van der Waals surface area contributed by atoms with Gasteiger partial charge in [0.15, 0.2) is 5.82 Å². The lowest BCUT2D eigenvalue weighted by molar-refractivity contribution is 0.154. The molecule has 2 heterocycles. The number of hydrogen-bond donors (Lipinski definition) is 4. The van der Waals surface area contributed by atoms with Crippen LogP contribution < -0.4 is 16.4 Å². The summed E-state index contributed by atoms with van der Waals surface area (Å²) in [4.78, 5) is 21.0. The molecule has 0 aliphatic carbocycles. The van der Waals surface area contributed by atoms with Crippen LogP contribution in [0.25, 0.3) is 0 Å². The third kappa shape index (κ3) is 4.87. The average molecular weight is 468 g/mol. The molecule has 0 radical (unpaired) electrons. The number of aromatic nitrogens is 2. The first-order valence-electron chi connectivity index (χ1n) is 8.34. The van der Waals surface area contributed by atoms with Crippen LogP contribution in [0.3, 0.4) is 0 Å². The number of nitrogens with two attached hydrogens (primary N) is 1. The first-order valence-corrected chi connectivity index (χ1v) is 9.41. The highest BCUT2D eigenvalue weighted by molar-refractivity contribution is 14.1. The molecule has 138 valence electrons. The van der Waals surface area contributed by atoms with Gasteiger partial charge in [0.25, 0.3) is 0 Å². The number of carbonyl (C=O) groups is 1. The van der Waals surface area contributed by atoms with E-state index in [0.717, 1.165) is 12.0 Å². The second-order valence-corrected chi connectivity index (χ2v) is 7.49. The van der Waals surface area contributed by atoms with E-state index in [2.05, 4.69) is 49.3 Å². The van der Waals surface area contributed by atoms with Crippen molar-refractivity contribution >= 4 is 46.1 Å². The van der Waals surface area contributed by atoms with Crippen molar-refractivity contribution in [3.8, 4) is 0 Å². The zero-order valence-electron chi connectivity index (χ0n) is 14.2. The Hall–Kier alpha value is -2.30. The van der Waals surface area contributed by atoms with Crippen LogP contribution in [0, 0.1) is 9.49 Å². The lowest BCUT2D eigenvalue weighted by Crippen LogP contribution is -2.28. The Morgan fingerprint density at radius 2 is 2.27 bits per heavy atom. The minimum atomic E-state index is -0.863. The second kappa shape index (κ2) is 8.39. The molecule has 1 amide bonds. The van der Waals surface area contributed by atoms with E-state index >= 15 is 0 Å². The predicted molar refractivity (Wildman–Crippen MR) is 109 cm³/mol. The van der Waals surface area contributed by atoms with Gasteiger partial charge in [0.1, 0.15) is 0 Å². The maximum absolute atomic E-state index is 11.0. The van der Waals surface area contributed by atoms with E-state index in [1.54, 1.807) is 6.20 Å². The predicted octanol–water partition coefficient (Wildman–Crippen LogP) is 2.69. The van der Waals surface area contributed by atoms with Crippen molar-refractivity contribution in [2.75, 3.05) is 36.0 Å². The minimum absolute atomic E-state index is 0.259. The number of nitrogens with one attached hydrogen (secondary N) is 2. The number of halogens is 1. The van der Waals surface area contributed by atoms with E-state index in [9.17, 15) is 4.79 Å². The summed E-state index contributed by atoms with van der Waals surface area (Å²) < 4.78 is 1.17. The normalized spacial score (nSPS) is 16.5. The Morgan fingerprint density at radius 1 is 1.42 bits per heavy atom. The molecule has 1 unspecified atom stereocenters. The summed E-state index contributed by atoms with van der Waals surface area (Å²) in [5, 5.41) is 15.4. The van der Waals surface area contributed by atoms with E-state index in [4.69, 9.17) is 10.8 Å². The second-order valence-electron chi connectivity index (χ2n) is 6.25. The number of nitrogens with zero attached hydrogens (tertiary/aromatic N) is 3. The number of nitrogen functional groups attached to an aromatic ring is 1. The number of hydrogen-bond acceptors (Lipinski definition) is 6. The van der Waals surface area contributed by atoms with Crippen LogP contribution in [-0.4, -0.2) is 45.7 Å².